The van der Waals surface area contributed by atoms with E-state index in [1.54, 1.807) is 6.07 Å². The van der Waals surface area contributed by atoms with E-state index in [0.717, 1.165) is 36.4 Å². The van der Waals surface area contributed by atoms with Crippen LogP contribution in [0.1, 0.15) is 56.7 Å². The van der Waals surface area contributed by atoms with Crippen LogP contribution in [-0.4, -0.2) is 50.4 Å². The molecule has 0 radical (unpaired) electrons. The van der Waals surface area contributed by atoms with Crippen LogP contribution in [0.3, 0.4) is 0 Å². The molecule has 4 rings (SSSR count). The zero-order chi connectivity index (χ0) is 22.6. The first kappa shape index (κ1) is 22.8. The summed E-state index contributed by atoms with van der Waals surface area (Å²) in [5.74, 6) is 0.669. The van der Waals surface area contributed by atoms with Crippen molar-refractivity contribution >= 4 is 25.6 Å². The van der Waals surface area contributed by atoms with Gasteiger partial charge < -0.3 is 9.16 Å². The first-order chi connectivity index (χ1) is 14.5. The summed E-state index contributed by atoms with van der Waals surface area (Å²) < 4.78 is 13.4. The number of nitrogens with zero attached hydrogens (tertiary/aromatic N) is 3. The van der Waals surface area contributed by atoms with Crippen LogP contribution in [0.5, 0.6) is 0 Å². The smallest absolute Gasteiger partial charge is 0.192 e. The maximum absolute atomic E-state index is 9.33. The average Bonchev–Trinajstić information content (AvgIpc) is 3.34. The van der Waals surface area contributed by atoms with E-state index in [2.05, 4.69) is 44.9 Å². The van der Waals surface area contributed by atoms with Crippen LogP contribution in [0.25, 0.3) is 0 Å². The van der Waals surface area contributed by atoms with Crippen LogP contribution >= 0.6 is 11.6 Å². The number of ether oxygens (including phenoxy) is 1. The van der Waals surface area contributed by atoms with Gasteiger partial charge in [-0.25, -0.2) is 0 Å². The van der Waals surface area contributed by atoms with Gasteiger partial charge in [-0.05, 0) is 61.9 Å². The maximum atomic E-state index is 9.33. The van der Waals surface area contributed by atoms with Crippen molar-refractivity contribution in [3.63, 3.8) is 0 Å². The van der Waals surface area contributed by atoms with E-state index in [0.29, 0.717) is 16.5 Å². The maximum Gasteiger partial charge on any atom is 0.192 e. The Morgan fingerprint density at radius 3 is 2.58 bits per heavy atom. The van der Waals surface area contributed by atoms with Crippen molar-refractivity contribution in [3.05, 3.63) is 33.8 Å². The molecule has 31 heavy (non-hydrogen) atoms. The Morgan fingerprint density at radius 2 is 1.97 bits per heavy atom. The Bertz CT molecular complexity index is 930. The van der Waals surface area contributed by atoms with Crippen LogP contribution in [0.4, 0.5) is 0 Å². The quantitative estimate of drug-likeness (QED) is 0.527. The van der Waals surface area contributed by atoms with E-state index in [4.69, 9.17) is 25.9 Å². The number of hydrazone groups is 1. The fourth-order valence-corrected chi connectivity index (χ4v) is 5.81. The molecule has 1 aliphatic carbocycles. The summed E-state index contributed by atoms with van der Waals surface area (Å²) in [7, 11) is -1.92. The van der Waals surface area contributed by atoms with Crippen molar-refractivity contribution in [2.45, 2.75) is 83.3 Å². The molecule has 1 aromatic carbocycles. The van der Waals surface area contributed by atoms with Gasteiger partial charge in [0, 0.05) is 12.1 Å². The summed E-state index contributed by atoms with van der Waals surface area (Å²) in [6, 6.07) is 6.03. The minimum atomic E-state index is -1.92. The van der Waals surface area contributed by atoms with Gasteiger partial charge in [-0.15, -0.1) is 0 Å². The molecule has 1 aromatic rings. The van der Waals surface area contributed by atoms with Crippen LogP contribution in [0, 0.1) is 24.2 Å². The zero-order valence-electron chi connectivity index (χ0n) is 19.5. The third kappa shape index (κ3) is 4.30. The Balaban J connectivity index is 1.65. The molecular weight excluding hydrogens is 426 g/mol. The number of rotatable bonds is 6. The fraction of sp³-hybridized carbons (Fsp3) is 0.667. The van der Waals surface area contributed by atoms with E-state index in [9.17, 15) is 5.26 Å². The number of fused-ring (bicyclic) bond motifs is 1. The minimum absolute atomic E-state index is 0.0942. The molecule has 0 spiro atoms. The Morgan fingerprint density at radius 1 is 1.26 bits per heavy atom. The van der Waals surface area contributed by atoms with Crippen molar-refractivity contribution < 1.29 is 9.16 Å². The molecule has 5 nitrogen and oxygen atoms in total. The Kier molecular flexibility index (Phi) is 6.02. The second-order valence-corrected chi connectivity index (χ2v) is 15.9. The number of nitriles is 1. The van der Waals surface area contributed by atoms with Crippen LogP contribution < -0.4 is 0 Å². The van der Waals surface area contributed by atoms with E-state index in [1.807, 2.05) is 13.0 Å². The molecule has 2 fully saturated rings. The first-order valence-corrected chi connectivity index (χ1v) is 14.7. The van der Waals surface area contributed by atoms with Gasteiger partial charge in [0.1, 0.15) is 18.2 Å². The highest BCUT2D eigenvalue weighted by Crippen LogP contribution is 2.42. The SMILES string of the molecule is Cc1c(C2=NN3CC[C@H](O[Si](C)(C)C(C)(C)C)[C@H]3[C@@H]2OCC2CC2)ccc(C#N)c1Cl. The van der Waals surface area contributed by atoms with Crippen molar-refractivity contribution in [2.75, 3.05) is 13.2 Å². The lowest BCUT2D eigenvalue weighted by Crippen LogP contribution is -2.50. The van der Waals surface area contributed by atoms with E-state index < -0.39 is 8.32 Å². The van der Waals surface area contributed by atoms with Gasteiger partial charge in [-0.3, -0.25) is 5.01 Å². The molecule has 0 amide bonds. The molecule has 0 unspecified atom stereocenters. The molecule has 1 saturated heterocycles. The molecular formula is C24H34ClN3O2Si. The predicted molar refractivity (Wildman–Crippen MR) is 127 cm³/mol. The van der Waals surface area contributed by atoms with Crippen molar-refractivity contribution in [1.29, 1.82) is 5.26 Å². The summed E-state index contributed by atoms with van der Waals surface area (Å²) in [4.78, 5) is 0. The summed E-state index contributed by atoms with van der Waals surface area (Å²) >= 11 is 6.50. The second kappa shape index (κ2) is 8.19. The first-order valence-electron chi connectivity index (χ1n) is 11.4. The summed E-state index contributed by atoms with van der Waals surface area (Å²) in [5.41, 5.74) is 3.29. The lowest BCUT2D eigenvalue weighted by atomic mass is 9.94. The van der Waals surface area contributed by atoms with Gasteiger partial charge in [-0.2, -0.15) is 10.4 Å². The predicted octanol–water partition coefficient (Wildman–Crippen LogP) is 5.50. The summed E-state index contributed by atoms with van der Waals surface area (Å²) in [6.45, 7) is 15.1. The number of hydrogen-bond donors (Lipinski definition) is 0. The van der Waals surface area contributed by atoms with Gasteiger partial charge in [0.15, 0.2) is 8.32 Å². The molecule has 3 atom stereocenters. The lowest BCUT2D eigenvalue weighted by Gasteiger charge is -2.40. The zero-order valence-corrected chi connectivity index (χ0v) is 21.3. The Labute approximate surface area is 192 Å². The molecule has 7 heteroatoms. The molecule has 168 valence electrons. The van der Waals surface area contributed by atoms with Crippen LogP contribution in [0.15, 0.2) is 17.2 Å². The minimum Gasteiger partial charge on any atom is -0.412 e. The van der Waals surface area contributed by atoms with Gasteiger partial charge in [0.05, 0.1) is 29.0 Å². The highest BCUT2D eigenvalue weighted by Gasteiger charge is 2.51. The molecule has 2 aliphatic heterocycles. The van der Waals surface area contributed by atoms with Gasteiger partial charge in [-0.1, -0.05) is 38.4 Å². The number of benzene rings is 1. The lowest BCUT2D eigenvalue weighted by molar-refractivity contribution is 0.0145. The van der Waals surface area contributed by atoms with Crippen LogP contribution in [-0.2, 0) is 9.16 Å². The highest BCUT2D eigenvalue weighted by atomic mass is 35.5. The standard InChI is InChI=1S/C24H34ClN3O2Si/c1-15-18(10-9-17(13-26)20(15)25)21-23(29-14-16-7-8-16)22-19(11-12-28(22)27-21)30-31(5,6)24(2,3)4/h9-10,16,19,22-23H,7-8,11-12,14H2,1-6H3/t19-,22-,23+/m0/s1. The fourth-order valence-electron chi connectivity index (χ4n) is 4.24. The summed E-state index contributed by atoms with van der Waals surface area (Å²) in [5, 5.41) is 17.2. The average molecular weight is 460 g/mol. The van der Waals surface area contributed by atoms with E-state index in [-0.39, 0.29) is 23.3 Å². The number of hydrogen-bond acceptors (Lipinski definition) is 5. The van der Waals surface area contributed by atoms with Gasteiger partial charge in [0.25, 0.3) is 0 Å². The number of halogens is 1. The molecule has 0 N–H and O–H groups in total. The highest BCUT2D eigenvalue weighted by molar-refractivity contribution is 6.74. The van der Waals surface area contributed by atoms with Crippen molar-refractivity contribution in [2.24, 2.45) is 11.0 Å². The van der Waals surface area contributed by atoms with E-state index >= 15 is 0 Å². The third-order valence-corrected chi connectivity index (χ3v) is 12.4. The molecule has 2 heterocycles. The third-order valence-electron chi connectivity index (χ3n) is 7.43. The van der Waals surface area contributed by atoms with Gasteiger partial charge >= 0.3 is 0 Å². The molecule has 0 aromatic heterocycles. The molecule has 1 saturated carbocycles. The molecule has 3 aliphatic rings. The van der Waals surface area contributed by atoms with Gasteiger partial charge in [0.2, 0.25) is 0 Å². The topological polar surface area (TPSA) is 57.9 Å². The Hall–Kier alpha value is -1.39. The second-order valence-electron chi connectivity index (χ2n) is 10.8. The monoisotopic (exact) mass is 459 g/mol. The molecule has 0 bridgehead atoms. The normalized spacial score (nSPS) is 26.1. The van der Waals surface area contributed by atoms with Crippen LogP contribution in [0.2, 0.25) is 23.2 Å². The van der Waals surface area contributed by atoms with Crippen molar-refractivity contribution in [1.82, 2.24) is 5.01 Å². The van der Waals surface area contributed by atoms with E-state index in [1.165, 1.54) is 12.8 Å². The summed E-state index contributed by atoms with van der Waals surface area (Å²) in [6.07, 6.45) is 3.45. The largest absolute Gasteiger partial charge is 0.412 e. The van der Waals surface area contributed by atoms with Crippen molar-refractivity contribution in [3.8, 4) is 6.07 Å².